The van der Waals surface area contributed by atoms with Gasteiger partial charge in [-0.05, 0) is 20.3 Å². The standard InChI is InChI=1S/C12H19N3O2/c1-9-7-15(5-4-6-17-9)12-11(8-16)10(2)13-14(12)3/h8-9H,4-7H2,1-3H3. The Hall–Kier alpha value is -1.36. The highest BCUT2D eigenvalue weighted by atomic mass is 16.5. The van der Waals surface area contributed by atoms with Gasteiger partial charge in [0, 0.05) is 26.7 Å². The first kappa shape index (κ1) is 12.1. The molecule has 0 radical (unpaired) electrons. The summed E-state index contributed by atoms with van der Waals surface area (Å²) >= 11 is 0. The maximum absolute atomic E-state index is 11.2. The summed E-state index contributed by atoms with van der Waals surface area (Å²) in [5.41, 5.74) is 1.48. The van der Waals surface area contributed by atoms with E-state index in [1.165, 1.54) is 0 Å². The average molecular weight is 237 g/mol. The quantitative estimate of drug-likeness (QED) is 0.724. The monoisotopic (exact) mass is 237 g/mol. The van der Waals surface area contributed by atoms with E-state index in [4.69, 9.17) is 4.74 Å². The molecule has 1 aliphatic rings. The highest BCUT2D eigenvalue weighted by molar-refractivity contribution is 5.84. The highest BCUT2D eigenvalue weighted by Crippen LogP contribution is 2.23. The topological polar surface area (TPSA) is 47.4 Å². The van der Waals surface area contributed by atoms with E-state index in [9.17, 15) is 4.79 Å². The van der Waals surface area contributed by atoms with Gasteiger partial charge in [0.05, 0.1) is 17.4 Å². The lowest BCUT2D eigenvalue weighted by atomic mass is 10.2. The minimum atomic E-state index is 0.187. The first-order chi connectivity index (χ1) is 8.13. The normalized spacial score (nSPS) is 21.4. The van der Waals surface area contributed by atoms with Gasteiger partial charge in [0.2, 0.25) is 0 Å². The van der Waals surface area contributed by atoms with Crippen molar-refractivity contribution < 1.29 is 9.53 Å². The molecule has 1 aliphatic heterocycles. The number of nitrogens with zero attached hydrogens (tertiary/aromatic N) is 3. The average Bonchev–Trinajstić information content (AvgIpc) is 2.46. The number of hydrogen-bond donors (Lipinski definition) is 0. The molecule has 0 saturated carbocycles. The fraction of sp³-hybridized carbons (Fsp3) is 0.667. The van der Waals surface area contributed by atoms with Crippen LogP contribution in [0.1, 0.15) is 29.4 Å². The predicted molar refractivity (Wildman–Crippen MR) is 65.6 cm³/mol. The van der Waals surface area contributed by atoms with E-state index in [0.717, 1.165) is 43.9 Å². The molecular weight excluding hydrogens is 218 g/mol. The molecule has 5 heteroatoms. The van der Waals surface area contributed by atoms with Gasteiger partial charge in [-0.1, -0.05) is 0 Å². The van der Waals surface area contributed by atoms with Crippen LogP contribution in [-0.4, -0.2) is 41.9 Å². The summed E-state index contributed by atoms with van der Waals surface area (Å²) in [6, 6.07) is 0. The minimum absolute atomic E-state index is 0.187. The van der Waals surface area contributed by atoms with Crippen molar-refractivity contribution in [2.45, 2.75) is 26.4 Å². The van der Waals surface area contributed by atoms with Crippen LogP contribution in [0.25, 0.3) is 0 Å². The highest BCUT2D eigenvalue weighted by Gasteiger charge is 2.22. The van der Waals surface area contributed by atoms with Crippen molar-refractivity contribution in [2.24, 2.45) is 7.05 Å². The van der Waals surface area contributed by atoms with Crippen molar-refractivity contribution in [1.82, 2.24) is 9.78 Å². The number of ether oxygens (including phenoxy) is 1. The van der Waals surface area contributed by atoms with Gasteiger partial charge in [-0.3, -0.25) is 9.48 Å². The number of anilines is 1. The zero-order chi connectivity index (χ0) is 12.4. The van der Waals surface area contributed by atoms with Crippen molar-refractivity contribution in [3.8, 4) is 0 Å². The fourth-order valence-electron chi connectivity index (χ4n) is 2.36. The molecule has 0 spiro atoms. The third-order valence-corrected chi connectivity index (χ3v) is 3.11. The first-order valence-electron chi connectivity index (χ1n) is 5.98. The van der Waals surface area contributed by atoms with Crippen LogP contribution in [0.5, 0.6) is 0 Å². The molecule has 94 valence electrons. The lowest BCUT2D eigenvalue weighted by molar-refractivity contribution is 0.0820. The molecule has 17 heavy (non-hydrogen) atoms. The number of rotatable bonds is 2. The number of carbonyl (C=O) groups is 1. The van der Waals surface area contributed by atoms with Crippen molar-refractivity contribution in [1.29, 1.82) is 0 Å². The summed E-state index contributed by atoms with van der Waals surface area (Å²) in [5, 5.41) is 4.32. The number of aromatic nitrogens is 2. The van der Waals surface area contributed by atoms with Gasteiger partial charge in [0.15, 0.2) is 6.29 Å². The van der Waals surface area contributed by atoms with Crippen LogP contribution in [0.15, 0.2) is 0 Å². The minimum Gasteiger partial charge on any atom is -0.377 e. The van der Waals surface area contributed by atoms with Crippen LogP contribution in [0.4, 0.5) is 5.82 Å². The summed E-state index contributed by atoms with van der Waals surface area (Å²) in [6.07, 6.45) is 2.06. The molecule has 2 heterocycles. The summed E-state index contributed by atoms with van der Waals surface area (Å²) in [5.74, 6) is 0.912. The van der Waals surface area contributed by atoms with Gasteiger partial charge >= 0.3 is 0 Å². The summed E-state index contributed by atoms with van der Waals surface area (Å²) in [7, 11) is 1.88. The SMILES string of the molecule is Cc1nn(C)c(N2CCCOC(C)C2)c1C=O. The Bertz CT molecular complexity index is 414. The number of carbonyl (C=O) groups excluding carboxylic acids is 1. The Labute approximate surface area is 101 Å². The first-order valence-corrected chi connectivity index (χ1v) is 5.98. The third-order valence-electron chi connectivity index (χ3n) is 3.11. The lowest BCUT2D eigenvalue weighted by Crippen LogP contribution is -2.32. The molecule has 0 amide bonds. The molecule has 1 aromatic rings. The van der Waals surface area contributed by atoms with Crippen molar-refractivity contribution in [3.05, 3.63) is 11.3 Å². The summed E-state index contributed by atoms with van der Waals surface area (Å²) < 4.78 is 7.40. The summed E-state index contributed by atoms with van der Waals surface area (Å²) in [6.45, 7) is 6.42. The Morgan fingerprint density at radius 3 is 3.00 bits per heavy atom. The van der Waals surface area contributed by atoms with Crippen molar-refractivity contribution >= 4 is 12.1 Å². The second-order valence-corrected chi connectivity index (χ2v) is 4.55. The van der Waals surface area contributed by atoms with Crippen molar-refractivity contribution in [2.75, 3.05) is 24.6 Å². The molecule has 0 aliphatic carbocycles. The Morgan fingerprint density at radius 2 is 2.29 bits per heavy atom. The van der Waals surface area contributed by atoms with Crippen LogP contribution in [0, 0.1) is 6.92 Å². The smallest absolute Gasteiger partial charge is 0.155 e. The van der Waals surface area contributed by atoms with Gasteiger partial charge in [0.1, 0.15) is 5.82 Å². The number of aryl methyl sites for hydroxylation is 2. The van der Waals surface area contributed by atoms with Crippen LogP contribution >= 0.6 is 0 Å². The van der Waals surface area contributed by atoms with Gasteiger partial charge in [0.25, 0.3) is 0 Å². The molecule has 1 saturated heterocycles. The van der Waals surface area contributed by atoms with Gasteiger partial charge in [-0.2, -0.15) is 5.10 Å². The summed E-state index contributed by atoms with van der Waals surface area (Å²) in [4.78, 5) is 13.4. The predicted octanol–water partition coefficient (Wildman–Crippen LogP) is 1.16. The maximum atomic E-state index is 11.2. The molecule has 0 aromatic carbocycles. The van der Waals surface area contributed by atoms with E-state index in [0.29, 0.717) is 5.56 Å². The third kappa shape index (κ3) is 2.34. The van der Waals surface area contributed by atoms with Crippen molar-refractivity contribution in [3.63, 3.8) is 0 Å². The van der Waals surface area contributed by atoms with E-state index in [1.807, 2.05) is 14.0 Å². The van der Waals surface area contributed by atoms with Crippen LogP contribution < -0.4 is 4.90 Å². The second kappa shape index (κ2) is 4.87. The van der Waals surface area contributed by atoms with E-state index in [2.05, 4.69) is 16.9 Å². The van der Waals surface area contributed by atoms with Gasteiger partial charge in [-0.15, -0.1) is 0 Å². The van der Waals surface area contributed by atoms with Gasteiger partial charge < -0.3 is 9.64 Å². The Morgan fingerprint density at radius 1 is 1.53 bits per heavy atom. The molecule has 2 rings (SSSR count). The molecule has 1 aromatic heterocycles. The van der Waals surface area contributed by atoms with Crippen LogP contribution in [0.3, 0.4) is 0 Å². The van der Waals surface area contributed by atoms with E-state index in [-0.39, 0.29) is 6.10 Å². The maximum Gasteiger partial charge on any atom is 0.155 e. The zero-order valence-corrected chi connectivity index (χ0v) is 10.6. The van der Waals surface area contributed by atoms with E-state index < -0.39 is 0 Å². The molecule has 0 N–H and O–H groups in total. The second-order valence-electron chi connectivity index (χ2n) is 4.55. The van der Waals surface area contributed by atoms with Gasteiger partial charge in [-0.25, -0.2) is 0 Å². The van der Waals surface area contributed by atoms with E-state index >= 15 is 0 Å². The number of hydrogen-bond acceptors (Lipinski definition) is 4. The molecule has 5 nitrogen and oxygen atoms in total. The van der Waals surface area contributed by atoms with E-state index in [1.54, 1.807) is 4.68 Å². The molecule has 1 fully saturated rings. The molecule has 1 unspecified atom stereocenters. The largest absolute Gasteiger partial charge is 0.377 e. The lowest BCUT2D eigenvalue weighted by Gasteiger charge is -2.24. The van der Waals surface area contributed by atoms with Crippen LogP contribution in [0.2, 0.25) is 0 Å². The Balaban J connectivity index is 2.34. The Kier molecular flexibility index (Phi) is 3.47. The molecule has 1 atom stereocenters. The molecular formula is C12H19N3O2. The number of aldehydes is 1. The zero-order valence-electron chi connectivity index (χ0n) is 10.6. The molecule has 0 bridgehead atoms. The van der Waals surface area contributed by atoms with Crippen LogP contribution in [-0.2, 0) is 11.8 Å². The fourth-order valence-corrected chi connectivity index (χ4v) is 2.36.